The molecule has 0 unspecified atom stereocenters. The number of sulfonamides is 1. The molecule has 4 rings (SSSR count). The summed E-state index contributed by atoms with van der Waals surface area (Å²) in [6, 6.07) is 25.9. The molecule has 0 saturated carbocycles. The monoisotopic (exact) mass is 564 g/mol. The summed E-state index contributed by atoms with van der Waals surface area (Å²) in [6.45, 7) is 0.0515. The maximum atomic E-state index is 13.6. The highest BCUT2D eigenvalue weighted by atomic mass is 32.2. The molecule has 0 aromatic heterocycles. The Bertz CT molecular complexity index is 1530. The third-order valence-corrected chi connectivity index (χ3v) is 7.78. The third-order valence-electron chi connectivity index (χ3n) is 6.01. The van der Waals surface area contributed by atoms with Crippen LogP contribution in [0.2, 0.25) is 0 Å². The standard InChI is InChI=1S/C30H29FN2O6S/c1-37-28-17-16-27(18-29(28)38-2)40(35,36)33(25-6-4-3-5-7-25)20-30(34)32-19-22-10-14-26(15-11-22)39-21-23-8-12-24(31)13-9-23/h3-18H,19-21H2,1-2H3,(H,32,34). The van der Waals surface area contributed by atoms with Crippen LogP contribution >= 0.6 is 0 Å². The van der Waals surface area contributed by atoms with Gasteiger partial charge in [-0.05, 0) is 59.7 Å². The van der Waals surface area contributed by atoms with Crippen LogP contribution in [0.1, 0.15) is 11.1 Å². The van der Waals surface area contributed by atoms with Gasteiger partial charge >= 0.3 is 0 Å². The normalized spacial score (nSPS) is 11.0. The smallest absolute Gasteiger partial charge is 0.264 e. The lowest BCUT2D eigenvalue weighted by Crippen LogP contribution is -2.40. The molecule has 1 amide bonds. The number of para-hydroxylation sites is 1. The van der Waals surface area contributed by atoms with E-state index in [1.807, 2.05) is 0 Å². The summed E-state index contributed by atoms with van der Waals surface area (Å²) in [5.74, 6) is 0.476. The van der Waals surface area contributed by atoms with Gasteiger partial charge in [-0.3, -0.25) is 9.10 Å². The lowest BCUT2D eigenvalue weighted by atomic mass is 10.2. The van der Waals surface area contributed by atoms with Gasteiger partial charge in [-0.1, -0.05) is 42.5 Å². The van der Waals surface area contributed by atoms with Crippen LogP contribution in [0.4, 0.5) is 10.1 Å². The number of nitrogens with zero attached hydrogens (tertiary/aromatic N) is 1. The Kier molecular flexibility index (Phi) is 9.23. The highest BCUT2D eigenvalue weighted by Crippen LogP contribution is 2.32. The van der Waals surface area contributed by atoms with Crippen LogP contribution in [0.3, 0.4) is 0 Å². The van der Waals surface area contributed by atoms with Crippen LogP contribution in [0, 0.1) is 5.82 Å². The van der Waals surface area contributed by atoms with Gasteiger partial charge in [-0.15, -0.1) is 0 Å². The topological polar surface area (TPSA) is 94.2 Å². The molecule has 4 aromatic rings. The summed E-state index contributed by atoms with van der Waals surface area (Å²) in [6.07, 6.45) is 0. The van der Waals surface area contributed by atoms with Crippen molar-refractivity contribution in [3.8, 4) is 17.2 Å². The molecule has 0 bridgehead atoms. The zero-order chi connectivity index (χ0) is 28.5. The molecular weight excluding hydrogens is 535 g/mol. The minimum atomic E-state index is -4.13. The van der Waals surface area contributed by atoms with Crippen molar-refractivity contribution in [2.24, 2.45) is 0 Å². The molecule has 0 heterocycles. The minimum Gasteiger partial charge on any atom is -0.493 e. The van der Waals surface area contributed by atoms with Crippen LogP contribution in [0.5, 0.6) is 17.2 Å². The molecule has 0 saturated heterocycles. The first-order chi connectivity index (χ1) is 19.3. The van der Waals surface area contributed by atoms with Crippen LogP contribution in [-0.4, -0.2) is 35.1 Å². The second kappa shape index (κ2) is 13.0. The van der Waals surface area contributed by atoms with E-state index in [4.69, 9.17) is 14.2 Å². The summed E-state index contributed by atoms with van der Waals surface area (Å²) in [5.41, 5.74) is 1.98. The molecule has 0 fully saturated rings. The molecular formula is C30H29FN2O6S. The van der Waals surface area contributed by atoms with Crippen LogP contribution in [-0.2, 0) is 28.0 Å². The van der Waals surface area contributed by atoms with Crippen LogP contribution in [0.15, 0.2) is 102 Å². The van der Waals surface area contributed by atoms with Crippen molar-refractivity contribution in [1.82, 2.24) is 5.32 Å². The number of benzene rings is 4. The number of hydrogen-bond acceptors (Lipinski definition) is 6. The number of anilines is 1. The average molecular weight is 565 g/mol. The fourth-order valence-electron chi connectivity index (χ4n) is 3.85. The number of nitrogens with one attached hydrogen (secondary N) is 1. The number of amides is 1. The van der Waals surface area contributed by atoms with Gasteiger partial charge in [-0.2, -0.15) is 0 Å². The van der Waals surface area contributed by atoms with Gasteiger partial charge in [0.2, 0.25) is 5.91 Å². The van der Waals surface area contributed by atoms with Gasteiger partial charge in [0.15, 0.2) is 11.5 Å². The number of carbonyl (C=O) groups is 1. The molecule has 1 N–H and O–H groups in total. The fourth-order valence-corrected chi connectivity index (χ4v) is 5.29. The molecule has 4 aromatic carbocycles. The molecule has 0 spiro atoms. The largest absolute Gasteiger partial charge is 0.493 e. The third kappa shape index (κ3) is 7.09. The van der Waals surface area contributed by atoms with E-state index in [2.05, 4.69) is 5.32 Å². The molecule has 10 heteroatoms. The summed E-state index contributed by atoms with van der Waals surface area (Å²) < 4.78 is 57.6. The van der Waals surface area contributed by atoms with Gasteiger partial charge in [0.25, 0.3) is 10.0 Å². The Labute approximate surface area is 233 Å². The quantitative estimate of drug-likeness (QED) is 0.262. The molecule has 0 radical (unpaired) electrons. The van der Waals surface area contributed by atoms with E-state index >= 15 is 0 Å². The molecule has 0 aliphatic carbocycles. The van der Waals surface area contributed by atoms with Gasteiger partial charge in [0.05, 0.1) is 24.8 Å². The Morgan fingerprint density at radius 1 is 0.825 bits per heavy atom. The number of hydrogen-bond donors (Lipinski definition) is 1. The molecule has 40 heavy (non-hydrogen) atoms. The first kappa shape index (κ1) is 28.4. The van der Waals surface area contributed by atoms with Crippen molar-refractivity contribution >= 4 is 21.6 Å². The Hall–Kier alpha value is -4.57. The number of halogens is 1. The molecule has 8 nitrogen and oxygen atoms in total. The van der Waals surface area contributed by atoms with Crippen molar-refractivity contribution < 1.29 is 31.8 Å². The maximum Gasteiger partial charge on any atom is 0.264 e. The first-order valence-corrected chi connectivity index (χ1v) is 13.8. The Balaban J connectivity index is 1.42. The Morgan fingerprint density at radius 2 is 1.48 bits per heavy atom. The minimum absolute atomic E-state index is 0.0435. The highest BCUT2D eigenvalue weighted by molar-refractivity contribution is 7.92. The SMILES string of the molecule is COc1ccc(S(=O)(=O)N(CC(=O)NCc2ccc(OCc3ccc(F)cc3)cc2)c2ccccc2)cc1OC. The molecule has 0 aliphatic rings. The summed E-state index contributed by atoms with van der Waals surface area (Å²) in [4.78, 5) is 12.9. The van der Waals surface area contributed by atoms with Crippen LogP contribution in [0.25, 0.3) is 0 Å². The summed E-state index contributed by atoms with van der Waals surface area (Å²) >= 11 is 0. The van der Waals surface area contributed by atoms with Crippen molar-refractivity contribution in [3.63, 3.8) is 0 Å². The summed E-state index contributed by atoms with van der Waals surface area (Å²) in [5, 5.41) is 2.78. The van der Waals surface area contributed by atoms with Crippen molar-refractivity contribution in [3.05, 3.63) is 114 Å². The number of methoxy groups -OCH3 is 2. The second-order valence-electron chi connectivity index (χ2n) is 8.70. The predicted octanol–water partition coefficient (Wildman–Crippen LogP) is 4.93. The zero-order valence-corrected chi connectivity index (χ0v) is 22.9. The van der Waals surface area contributed by atoms with E-state index in [1.165, 1.54) is 44.6 Å². The van der Waals surface area contributed by atoms with E-state index in [-0.39, 0.29) is 23.0 Å². The number of ether oxygens (including phenoxy) is 3. The maximum absolute atomic E-state index is 13.6. The van der Waals surface area contributed by atoms with Crippen molar-refractivity contribution in [1.29, 1.82) is 0 Å². The van der Waals surface area contributed by atoms with Gasteiger partial charge in [-0.25, -0.2) is 12.8 Å². The van der Waals surface area contributed by atoms with E-state index in [1.54, 1.807) is 66.7 Å². The van der Waals surface area contributed by atoms with E-state index in [0.29, 0.717) is 23.8 Å². The van der Waals surface area contributed by atoms with E-state index < -0.39 is 22.5 Å². The lowest BCUT2D eigenvalue weighted by molar-refractivity contribution is -0.119. The fraction of sp³-hybridized carbons (Fsp3) is 0.167. The number of rotatable bonds is 12. The van der Waals surface area contributed by atoms with Crippen molar-refractivity contribution in [2.75, 3.05) is 25.1 Å². The predicted molar refractivity (Wildman–Crippen MR) is 150 cm³/mol. The van der Waals surface area contributed by atoms with Crippen molar-refractivity contribution in [2.45, 2.75) is 18.0 Å². The molecule has 0 atom stereocenters. The first-order valence-electron chi connectivity index (χ1n) is 12.3. The second-order valence-corrected chi connectivity index (χ2v) is 10.6. The number of carbonyl (C=O) groups excluding carboxylic acids is 1. The van der Waals surface area contributed by atoms with Gasteiger partial charge in [0, 0.05) is 12.6 Å². The molecule has 208 valence electrons. The summed E-state index contributed by atoms with van der Waals surface area (Å²) in [7, 11) is -1.25. The molecule has 0 aliphatic heterocycles. The lowest BCUT2D eigenvalue weighted by Gasteiger charge is -2.24. The highest BCUT2D eigenvalue weighted by Gasteiger charge is 2.28. The Morgan fingerprint density at radius 3 is 2.12 bits per heavy atom. The average Bonchev–Trinajstić information content (AvgIpc) is 2.99. The van der Waals surface area contributed by atoms with Gasteiger partial charge < -0.3 is 19.5 Å². The van der Waals surface area contributed by atoms with Crippen LogP contribution < -0.4 is 23.8 Å². The zero-order valence-electron chi connectivity index (χ0n) is 22.0. The van der Waals surface area contributed by atoms with E-state index in [0.717, 1.165) is 15.4 Å². The van der Waals surface area contributed by atoms with Gasteiger partial charge in [0.1, 0.15) is 24.7 Å². The van der Waals surface area contributed by atoms with E-state index in [9.17, 15) is 17.6 Å².